The zero-order chi connectivity index (χ0) is 20.0. The quantitative estimate of drug-likeness (QED) is 0.587. The molecule has 2 aromatic rings. The summed E-state index contributed by atoms with van der Waals surface area (Å²) in [6.45, 7) is 1.76. The fourth-order valence-corrected chi connectivity index (χ4v) is 3.43. The first-order valence-corrected chi connectivity index (χ1v) is 9.19. The Morgan fingerprint density at radius 2 is 1.86 bits per heavy atom. The number of halogens is 1. The van der Waals surface area contributed by atoms with Gasteiger partial charge in [0, 0.05) is 24.7 Å². The lowest BCUT2D eigenvalue weighted by molar-refractivity contribution is 0.0531. The summed E-state index contributed by atoms with van der Waals surface area (Å²) in [5, 5.41) is 3.09. The summed E-state index contributed by atoms with van der Waals surface area (Å²) < 4.78 is 29.5. The summed E-state index contributed by atoms with van der Waals surface area (Å²) in [6, 6.07) is 12.0. The minimum absolute atomic E-state index is 0.225. The topological polar surface area (TPSA) is 78.1 Å². The first-order chi connectivity index (χ1) is 13.6. The third kappa shape index (κ3) is 4.54. The molecule has 0 bridgehead atoms. The highest BCUT2D eigenvalue weighted by atomic mass is 19.1. The lowest BCUT2D eigenvalue weighted by atomic mass is 9.74. The van der Waals surface area contributed by atoms with E-state index in [1.54, 1.807) is 26.4 Å². The molecule has 7 heteroatoms. The molecular formula is C21H26FN3O3. The highest BCUT2D eigenvalue weighted by molar-refractivity contribution is 5.94. The van der Waals surface area contributed by atoms with Gasteiger partial charge in [0.1, 0.15) is 17.3 Å². The fraction of sp³-hybridized carbons (Fsp3) is 0.381. The van der Waals surface area contributed by atoms with Crippen molar-refractivity contribution in [3.63, 3.8) is 0 Å². The van der Waals surface area contributed by atoms with Crippen LogP contribution in [0.2, 0.25) is 0 Å². The molecule has 3 N–H and O–H groups in total. The van der Waals surface area contributed by atoms with Gasteiger partial charge in [0.05, 0.1) is 26.5 Å². The van der Waals surface area contributed by atoms with Crippen molar-refractivity contribution in [1.82, 2.24) is 0 Å². The number of ether oxygens (including phenoxy) is 3. The summed E-state index contributed by atoms with van der Waals surface area (Å²) in [7, 11) is 3.19. The van der Waals surface area contributed by atoms with Gasteiger partial charge in [-0.3, -0.25) is 4.99 Å². The van der Waals surface area contributed by atoms with Gasteiger partial charge in [-0.1, -0.05) is 12.1 Å². The first kappa shape index (κ1) is 19.9. The van der Waals surface area contributed by atoms with Crippen LogP contribution in [0.15, 0.2) is 47.5 Å². The molecule has 3 rings (SSSR count). The van der Waals surface area contributed by atoms with Crippen LogP contribution in [-0.2, 0) is 10.2 Å². The molecule has 0 aliphatic carbocycles. The molecule has 0 unspecified atom stereocenters. The zero-order valence-corrected chi connectivity index (χ0v) is 16.2. The number of methoxy groups -OCH3 is 2. The first-order valence-electron chi connectivity index (χ1n) is 9.19. The number of rotatable bonds is 6. The average Bonchev–Trinajstić information content (AvgIpc) is 2.73. The number of nitrogens with zero attached hydrogens (tertiary/aromatic N) is 1. The number of hydrogen-bond donors (Lipinski definition) is 2. The van der Waals surface area contributed by atoms with E-state index in [1.807, 2.05) is 18.2 Å². The largest absolute Gasteiger partial charge is 0.497 e. The third-order valence-corrected chi connectivity index (χ3v) is 5.13. The van der Waals surface area contributed by atoms with Crippen LogP contribution in [0.1, 0.15) is 18.4 Å². The summed E-state index contributed by atoms with van der Waals surface area (Å²) in [6.07, 6.45) is 1.61. The molecule has 0 spiro atoms. The van der Waals surface area contributed by atoms with Gasteiger partial charge in [-0.25, -0.2) is 4.39 Å². The Labute approximate surface area is 164 Å². The Morgan fingerprint density at radius 3 is 2.50 bits per heavy atom. The summed E-state index contributed by atoms with van der Waals surface area (Å²) in [5.74, 6) is 1.35. The SMILES string of the molecule is COc1ccc(OC)c(NC(N)=NCC2(c3ccc(F)cc3)CCOCC2)c1. The highest BCUT2D eigenvalue weighted by Gasteiger charge is 2.34. The number of anilines is 1. The van der Waals surface area contributed by atoms with Gasteiger partial charge >= 0.3 is 0 Å². The van der Waals surface area contributed by atoms with Gasteiger partial charge in [-0.15, -0.1) is 0 Å². The van der Waals surface area contributed by atoms with Gasteiger partial charge < -0.3 is 25.3 Å². The zero-order valence-electron chi connectivity index (χ0n) is 16.2. The molecule has 1 aliphatic rings. The lowest BCUT2D eigenvalue weighted by Crippen LogP contribution is -2.38. The second kappa shape index (κ2) is 8.93. The molecule has 2 aromatic carbocycles. The van der Waals surface area contributed by atoms with E-state index in [-0.39, 0.29) is 17.2 Å². The van der Waals surface area contributed by atoms with Crippen LogP contribution in [-0.4, -0.2) is 39.9 Å². The van der Waals surface area contributed by atoms with Crippen molar-refractivity contribution < 1.29 is 18.6 Å². The molecule has 28 heavy (non-hydrogen) atoms. The van der Waals surface area contributed by atoms with Crippen molar-refractivity contribution in [2.75, 3.05) is 39.3 Å². The van der Waals surface area contributed by atoms with Crippen molar-refractivity contribution in [1.29, 1.82) is 0 Å². The molecule has 150 valence electrons. The van der Waals surface area contributed by atoms with Crippen molar-refractivity contribution in [3.8, 4) is 11.5 Å². The number of benzene rings is 2. The van der Waals surface area contributed by atoms with Crippen molar-refractivity contribution in [2.45, 2.75) is 18.3 Å². The van der Waals surface area contributed by atoms with E-state index < -0.39 is 0 Å². The monoisotopic (exact) mass is 387 g/mol. The maximum atomic E-state index is 13.4. The van der Waals surface area contributed by atoms with E-state index in [9.17, 15) is 4.39 Å². The molecule has 0 amide bonds. The van der Waals surface area contributed by atoms with Crippen molar-refractivity contribution in [3.05, 3.63) is 53.8 Å². The minimum atomic E-state index is -0.249. The Bertz CT molecular complexity index is 818. The molecule has 0 atom stereocenters. The maximum absolute atomic E-state index is 13.4. The van der Waals surface area contributed by atoms with E-state index in [0.29, 0.717) is 36.9 Å². The van der Waals surface area contributed by atoms with Crippen LogP contribution in [0.5, 0.6) is 11.5 Å². The molecule has 1 saturated heterocycles. The number of hydrogen-bond acceptors (Lipinski definition) is 4. The summed E-state index contributed by atoms with van der Waals surface area (Å²) >= 11 is 0. The van der Waals surface area contributed by atoms with Crippen LogP contribution in [0.3, 0.4) is 0 Å². The maximum Gasteiger partial charge on any atom is 0.193 e. The Kier molecular flexibility index (Phi) is 6.36. The standard InChI is InChI=1S/C21H26FN3O3/c1-26-17-7-8-19(27-2)18(13-17)25-20(23)24-14-21(9-11-28-12-10-21)15-3-5-16(22)6-4-15/h3-8,13H,9-12,14H2,1-2H3,(H3,23,24,25). The number of nitrogens with one attached hydrogen (secondary N) is 1. The van der Waals surface area contributed by atoms with Crippen molar-refractivity contribution >= 4 is 11.6 Å². The highest BCUT2D eigenvalue weighted by Crippen LogP contribution is 2.35. The smallest absolute Gasteiger partial charge is 0.193 e. The third-order valence-electron chi connectivity index (χ3n) is 5.13. The van der Waals surface area contributed by atoms with Crippen LogP contribution >= 0.6 is 0 Å². The number of nitrogens with two attached hydrogens (primary N) is 1. The Morgan fingerprint density at radius 1 is 1.14 bits per heavy atom. The van der Waals surface area contributed by atoms with Gasteiger partial charge in [-0.2, -0.15) is 0 Å². The average molecular weight is 387 g/mol. The van der Waals surface area contributed by atoms with Crippen molar-refractivity contribution in [2.24, 2.45) is 10.7 Å². The van der Waals surface area contributed by atoms with E-state index in [0.717, 1.165) is 18.4 Å². The van der Waals surface area contributed by atoms with Gasteiger partial charge in [-0.05, 0) is 42.7 Å². The fourth-order valence-electron chi connectivity index (χ4n) is 3.43. The second-order valence-electron chi connectivity index (χ2n) is 6.79. The molecule has 1 aliphatic heterocycles. The van der Waals surface area contributed by atoms with E-state index >= 15 is 0 Å². The number of guanidine groups is 1. The van der Waals surface area contributed by atoms with Gasteiger partial charge in [0.15, 0.2) is 5.96 Å². The minimum Gasteiger partial charge on any atom is -0.497 e. The normalized spacial score (nSPS) is 16.5. The van der Waals surface area contributed by atoms with Crippen LogP contribution in [0.25, 0.3) is 0 Å². The van der Waals surface area contributed by atoms with Crippen LogP contribution in [0.4, 0.5) is 10.1 Å². The molecule has 1 heterocycles. The lowest BCUT2D eigenvalue weighted by Gasteiger charge is -2.36. The molecule has 1 fully saturated rings. The summed E-state index contributed by atoms with van der Waals surface area (Å²) in [4.78, 5) is 4.58. The van der Waals surface area contributed by atoms with Gasteiger partial charge in [0.2, 0.25) is 0 Å². The van der Waals surface area contributed by atoms with E-state index in [1.165, 1.54) is 12.1 Å². The second-order valence-corrected chi connectivity index (χ2v) is 6.79. The van der Waals surface area contributed by atoms with Crippen LogP contribution < -0.4 is 20.5 Å². The van der Waals surface area contributed by atoms with E-state index in [2.05, 4.69) is 10.3 Å². The van der Waals surface area contributed by atoms with Crippen LogP contribution in [0, 0.1) is 5.82 Å². The predicted molar refractivity (Wildman–Crippen MR) is 108 cm³/mol. The Hall–Kier alpha value is -2.80. The van der Waals surface area contributed by atoms with E-state index in [4.69, 9.17) is 19.9 Å². The Balaban J connectivity index is 1.80. The molecular weight excluding hydrogens is 361 g/mol. The molecule has 0 radical (unpaired) electrons. The molecule has 0 saturated carbocycles. The molecule has 0 aromatic heterocycles. The molecule has 6 nitrogen and oxygen atoms in total. The number of aliphatic imine (C=N–C) groups is 1. The van der Waals surface area contributed by atoms with Gasteiger partial charge in [0.25, 0.3) is 0 Å². The summed E-state index contributed by atoms with van der Waals surface area (Å²) in [5.41, 5.74) is 7.65. The predicted octanol–water partition coefficient (Wildman–Crippen LogP) is 3.32.